The largest absolute Gasteiger partial charge is 0.393 e. The number of nitrogens with zero attached hydrogens (tertiary/aromatic N) is 3. The van der Waals surface area contributed by atoms with Crippen LogP contribution < -0.4 is 0 Å². The molecular formula is C10H9Cl2N3O2. The van der Waals surface area contributed by atoms with Gasteiger partial charge < -0.3 is 9.63 Å². The van der Waals surface area contributed by atoms with Crippen molar-refractivity contribution in [1.82, 2.24) is 15.1 Å². The van der Waals surface area contributed by atoms with E-state index in [2.05, 4.69) is 15.1 Å². The molecular weight excluding hydrogens is 265 g/mol. The van der Waals surface area contributed by atoms with Gasteiger partial charge in [-0.25, -0.2) is 4.98 Å². The van der Waals surface area contributed by atoms with E-state index in [1.54, 1.807) is 13.0 Å². The van der Waals surface area contributed by atoms with Crippen molar-refractivity contribution in [2.45, 2.75) is 19.4 Å². The summed E-state index contributed by atoms with van der Waals surface area (Å²) in [6.07, 6.45) is 1.20. The smallest absolute Gasteiger partial charge is 0.229 e. The van der Waals surface area contributed by atoms with E-state index >= 15 is 0 Å². The zero-order valence-corrected chi connectivity index (χ0v) is 10.4. The number of hydrogen-bond acceptors (Lipinski definition) is 5. The topological polar surface area (TPSA) is 72.0 Å². The van der Waals surface area contributed by atoms with E-state index in [0.717, 1.165) is 0 Å². The fraction of sp³-hybridized carbons (Fsp3) is 0.300. The lowest BCUT2D eigenvalue weighted by Crippen LogP contribution is -2.04. The molecule has 0 aliphatic carbocycles. The Balaban J connectivity index is 2.30. The Kier molecular flexibility index (Phi) is 3.61. The zero-order valence-electron chi connectivity index (χ0n) is 8.89. The van der Waals surface area contributed by atoms with Gasteiger partial charge in [-0.2, -0.15) is 4.98 Å². The highest BCUT2D eigenvalue weighted by molar-refractivity contribution is 6.35. The maximum atomic E-state index is 9.19. The van der Waals surface area contributed by atoms with Crippen LogP contribution in [0.2, 0.25) is 10.0 Å². The van der Waals surface area contributed by atoms with Crippen LogP contribution in [0.3, 0.4) is 0 Å². The lowest BCUT2D eigenvalue weighted by atomic mass is 10.3. The minimum Gasteiger partial charge on any atom is -0.393 e. The Bertz CT molecular complexity index is 528. The van der Waals surface area contributed by atoms with Crippen LogP contribution in [0.5, 0.6) is 0 Å². The molecule has 0 amide bonds. The highest BCUT2D eigenvalue weighted by atomic mass is 35.5. The molecule has 0 aliphatic rings. The second kappa shape index (κ2) is 5.00. The van der Waals surface area contributed by atoms with Crippen molar-refractivity contribution in [3.8, 4) is 11.5 Å². The normalized spacial score (nSPS) is 12.7. The number of rotatable bonds is 3. The SMILES string of the molecule is CC(O)Cc1nc(-c2ncc(Cl)cc2Cl)no1. The van der Waals surface area contributed by atoms with E-state index in [9.17, 15) is 5.11 Å². The van der Waals surface area contributed by atoms with Gasteiger partial charge in [-0.3, -0.25) is 0 Å². The van der Waals surface area contributed by atoms with Crippen LogP contribution in [-0.4, -0.2) is 26.3 Å². The first-order valence-corrected chi connectivity index (χ1v) is 5.64. The molecule has 2 heterocycles. The minimum absolute atomic E-state index is 0.280. The molecule has 0 saturated carbocycles. The lowest BCUT2D eigenvalue weighted by Gasteiger charge is -1.97. The van der Waals surface area contributed by atoms with Gasteiger partial charge in [0.05, 0.1) is 22.6 Å². The Morgan fingerprint density at radius 1 is 1.47 bits per heavy atom. The lowest BCUT2D eigenvalue weighted by molar-refractivity contribution is 0.181. The Morgan fingerprint density at radius 2 is 2.24 bits per heavy atom. The highest BCUT2D eigenvalue weighted by Gasteiger charge is 2.14. The van der Waals surface area contributed by atoms with Gasteiger partial charge in [-0.1, -0.05) is 28.4 Å². The van der Waals surface area contributed by atoms with Gasteiger partial charge in [0.25, 0.3) is 0 Å². The van der Waals surface area contributed by atoms with Gasteiger partial charge >= 0.3 is 0 Å². The molecule has 90 valence electrons. The summed E-state index contributed by atoms with van der Waals surface area (Å²) in [6, 6.07) is 1.55. The van der Waals surface area contributed by atoms with Crippen molar-refractivity contribution in [2.24, 2.45) is 0 Å². The van der Waals surface area contributed by atoms with Crippen molar-refractivity contribution in [2.75, 3.05) is 0 Å². The molecule has 0 saturated heterocycles. The summed E-state index contributed by atoms with van der Waals surface area (Å²) in [5.74, 6) is 0.616. The minimum atomic E-state index is -0.544. The highest BCUT2D eigenvalue weighted by Crippen LogP contribution is 2.25. The Morgan fingerprint density at radius 3 is 2.88 bits per heavy atom. The fourth-order valence-electron chi connectivity index (χ4n) is 1.27. The van der Waals surface area contributed by atoms with E-state index in [4.69, 9.17) is 27.7 Å². The van der Waals surface area contributed by atoms with Crippen LogP contribution in [-0.2, 0) is 6.42 Å². The number of aromatic nitrogens is 3. The van der Waals surface area contributed by atoms with Crippen LogP contribution in [0.25, 0.3) is 11.5 Å². The van der Waals surface area contributed by atoms with E-state index in [1.807, 2.05) is 0 Å². The molecule has 0 spiro atoms. The molecule has 1 unspecified atom stereocenters. The van der Waals surface area contributed by atoms with Gasteiger partial charge in [0, 0.05) is 6.20 Å². The summed E-state index contributed by atoms with van der Waals surface area (Å²) in [7, 11) is 0. The average Bonchev–Trinajstić information content (AvgIpc) is 2.65. The molecule has 2 aromatic rings. The maximum Gasteiger partial charge on any atom is 0.229 e. The van der Waals surface area contributed by atoms with Gasteiger partial charge in [0.2, 0.25) is 11.7 Å². The number of pyridine rings is 1. The number of hydrogen-bond donors (Lipinski definition) is 1. The van der Waals surface area contributed by atoms with E-state index < -0.39 is 6.10 Å². The average molecular weight is 274 g/mol. The molecule has 1 atom stereocenters. The van der Waals surface area contributed by atoms with Crippen LogP contribution in [0, 0.1) is 0 Å². The second-order valence-corrected chi connectivity index (χ2v) is 4.39. The molecule has 0 bridgehead atoms. The van der Waals surface area contributed by atoms with E-state index in [1.165, 1.54) is 6.20 Å². The van der Waals surface area contributed by atoms with Crippen LogP contribution in [0.4, 0.5) is 0 Å². The zero-order chi connectivity index (χ0) is 12.4. The summed E-state index contributed by atoms with van der Waals surface area (Å²) in [5, 5.41) is 13.7. The van der Waals surface area contributed by atoms with Gasteiger partial charge in [0.1, 0.15) is 5.69 Å². The summed E-state index contributed by atoms with van der Waals surface area (Å²) in [6.45, 7) is 1.64. The second-order valence-electron chi connectivity index (χ2n) is 3.55. The summed E-state index contributed by atoms with van der Waals surface area (Å²) in [4.78, 5) is 8.11. The van der Waals surface area contributed by atoms with Crippen LogP contribution in [0.1, 0.15) is 12.8 Å². The van der Waals surface area contributed by atoms with E-state index in [0.29, 0.717) is 21.6 Å². The molecule has 2 aromatic heterocycles. The predicted octanol–water partition coefficient (Wildman–Crippen LogP) is 2.36. The first-order chi connectivity index (χ1) is 8.06. The summed E-state index contributed by atoms with van der Waals surface area (Å²) < 4.78 is 4.96. The summed E-state index contributed by atoms with van der Waals surface area (Å²) >= 11 is 11.7. The number of halogens is 2. The first-order valence-electron chi connectivity index (χ1n) is 4.88. The van der Waals surface area contributed by atoms with Crippen molar-refractivity contribution in [3.63, 3.8) is 0 Å². The molecule has 0 aromatic carbocycles. The maximum absolute atomic E-state index is 9.19. The fourth-order valence-corrected chi connectivity index (χ4v) is 1.73. The monoisotopic (exact) mass is 273 g/mol. The molecule has 0 radical (unpaired) electrons. The van der Waals surface area contributed by atoms with Crippen molar-refractivity contribution >= 4 is 23.2 Å². The molecule has 1 N–H and O–H groups in total. The number of aliphatic hydroxyl groups is 1. The summed E-state index contributed by atoms with van der Waals surface area (Å²) in [5.41, 5.74) is 0.400. The van der Waals surface area contributed by atoms with Crippen molar-refractivity contribution < 1.29 is 9.63 Å². The van der Waals surface area contributed by atoms with Crippen molar-refractivity contribution in [1.29, 1.82) is 0 Å². The number of aliphatic hydroxyl groups excluding tert-OH is 1. The molecule has 17 heavy (non-hydrogen) atoms. The van der Waals surface area contributed by atoms with Gasteiger partial charge in [-0.15, -0.1) is 0 Å². The quantitative estimate of drug-likeness (QED) is 0.930. The van der Waals surface area contributed by atoms with Crippen molar-refractivity contribution in [3.05, 3.63) is 28.2 Å². The third kappa shape index (κ3) is 2.94. The molecule has 0 fully saturated rings. The van der Waals surface area contributed by atoms with E-state index in [-0.39, 0.29) is 12.2 Å². The Labute approximate surface area is 107 Å². The standard InChI is InChI=1S/C10H9Cl2N3O2/c1-5(16)2-8-14-10(15-17-8)9-7(12)3-6(11)4-13-9/h3-5,16H,2H2,1H3. The third-order valence-electron chi connectivity index (χ3n) is 1.96. The first kappa shape index (κ1) is 12.3. The third-order valence-corrected chi connectivity index (χ3v) is 2.45. The van der Waals surface area contributed by atoms with Crippen LogP contribution >= 0.6 is 23.2 Å². The van der Waals surface area contributed by atoms with Gasteiger partial charge in [-0.05, 0) is 13.0 Å². The Hall–Kier alpha value is -1.17. The van der Waals surface area contributed by atoms with Crippen LogP contribution in [0.15, 0.2) is 16.8 Å². The molecule has 0 aliphatic heterocycles. The molecule has 5 nitrogen and oxygen atoms in total. The van der Waals surface area contributed by atoms with Gasteiger partial charge in [0.15, 0.2) is 0 Å². The molecule has 2 rings (SSSR count). The predicted molar refractivity (Wildman–Crippen MR) is 62.9 cm³/mol. The molecule has 7 heteroatoms.